The SMILES string of the molecule is CC(C)(C)NCCCC1(O)c2ccccc2-c2ccccc21. The Morgan fingerprint density at radius 1 is 0.909 bits per heavy atom. The lowest BCUT2D eigenvalue weighted by molar-refractivity contribution is 0.0729. The molecule has 116 valence electrons. The van der Waals surface area contributed by atoms with Crippen LogP contribution in [0.25, 0.3) is 11.1 Å². The average molecular weight is 295 g/mol. The zero-order valence-corrected chi connectivity index (χ0v) is 13.7. The molecular weight excluding hydrogens is 270 g/mol. The molecule has 2 aromatic rings. The van der Waals surface area contributed by atoms with Crippen molar-refractivity contribution in [1.82, 2.24) is 5.32 Å². The lowest BCUT2D eigenvalue weighted by atomic mass is 9.87. The van der Waals surface area contributed by atoms with Gasteiger partial charge in [0.2, 0.25) is 0 Å². The monoisotopic (exact) mass is 295 g/mol. The van der Waals surface area contributed by atoms with Crippen LogP contribution in [0.15, 0.2) is 48.5 Å². The third kappa shape index (κ3) is 2.69. The van der Waals surface area contributed by atoms with Crippen LogP contribution in [0.4, 0.5) is 0 Å². The molecule has 1 aliphatic carbocycles. The van der Waals surface area contributed by atoms with Gasteiger partial charge in [-0.2, -0.15) is 0 Å². The largest absolute Gasteiger partial charge is 0.380 e. The molecule has 0 saturated carbocycles. The Hall–Kier alpha value is -1.64. The average Bonchev–Trinajstić information content (AvgIpc) is 2.74. The van der Waals surface area contributed by atoms with Gasteiger partial charge in [0, 0.05) is 5.54 Å². The van der Waals surface area contributed by atoms with Crippen LogP contribution in [0.5, 0.6) is 0 Å². The van der Waals surface area contributed by atoms with Crippen LogP contribution in [0, 0.1) is 0 Å². The molecule has 2 nitrogen and oxygen atoms in total. The third-order valence-corrected chi connectivity index (χ3v) is 4.41. The van der Waals surface area contributed by atoms with Gasteiger partial charge in [0.15, 0.2) is 0 Å². The molecule has 0 radical (unpaired) electrons. The fourth-order valence-electron chi connectivity index (χ4n) is 3.38. The van der Waals surface area contributed by atoms with E-state index in [1.54, 1.807) is 0 Å². The van der Waals surface area contributed by atoms with Crippen molar-refractivity contribution in [2.45, 2.75) is 44.8 Å². The van der Waals surface area contributed by atoms with Crippen molar-refractivity contribution < 1.29 is 5.11 Å². The van der Waals surface area contributed by atoms with E-state index in [4.69, 9.17) is 0 Å². The molecular formula is C20H25NO. The van der Waals surface area contributed by atoms with Gasteiger partial charge in [-0.3, -0.25) is 0 Å². The van der Waals surface area contributed by atoms with Crippen molar-refractivity contribution in [3.8, 4) is 11.1 Å². The second kappa shape index (κ2) is 5.53. The van der Waals surface area contributed by atoms with E-state index in [2.05, 4.69) is 50.4 Å². The van der Waals surface area contributed by atoms with Gasteiger partial charge in [-0.25, -0.2) is 0 Å². The van der Waals surface area contributed by atoms with Crippen molar-refractivity contribution >= 4 is 0 Å². The van der Waals surface area contributed by atoms with Crippen molar-refractivity contribution in [2.24, 2.45) is 0 Å². The molecule has 0 fully saturated rings. The zero-order valence-electron chi connectivity index (χ0n) is 13.7. The maximum atomic E-state index is 11.4. The second-order valence-electron chi connectivity index (χ2n) is 7.23. The van der Waals surface area contributed by atoms with E-state index in [-0.39, 0.29) is 5.54 Å². The predicted octanol–water partition coefficient (Wildman–Crippen LogP) is 4.07. The fourth-order valence-corrected chi connectivity index (χ4v) is 3.38. The molecule has 3 rings (SSSR count). The summed E-state index contributed by atoms with van der Waals surface area (Å²) in [4.78, 5) is 0. The first-order valence-electron chi connectivity index (χ1n) is 8.09. The summed E-state index contributed by atoms with van der Waals surface area (Å²) >= 11 is 0. The molecule has 0 aliphatic heterocycles. The standard InChI is InChI=1S/C20H25NO/c1-19(2,3)21-14-8-13-20(22)17-11-6-4-9-15(17)16-10-5-7-12-18(16)20/h4-7,9-12,21-22H,8,13-14H2,1-3H3. The normalized spacial score (nSPS) is 15.5. The summed E-state index contributed by atoms with van der Waals surface area (Å²) in [7, 11) is 0. The first-order chi connectivity index (χ1) is 10.4. The van der Waals surface area contributed by atoms with E-state index in [1.165, 1.54) is 11.1 Å². The number of aliphatic hydroxyl groups is 1. The molecule has 0 bridgehead atoms. The Morgan fingerprint density at radius 2 is 1.41 bits per heavy atom. The highest BCUT2D eigenvalue weighted by molar-refractivity contribution is 5.79. The van der Waals surface area contributed by atoms with E-state index in [0.717, 1.165) is 30.5 Å². The Balaban J connectivity index is 1.86. The van der Waals surface area contributed by atoms with Gasteiger partial charge in [0.1, 0.15) is 5.60 Å². The molecule has 2 N–H and O–H groups in total. The van der Waals surface area contributed by atoms with Crippen LogP contribution in [0.3, 0.4) is 0 Å². The van der Waals surface area contributed by atoms with E-state index in [9.17, 15) is 5.11 Å². The molecule has 0 aromatic heterocycles. The zero-order chi connectivity index (χ0) is 15.8. The second-order valence-corrected chi connectivity index (χ2v) is 7.23. The third-order valence-electron chi connectivity index (χ3n) is 4.41. The molecule has 0 atom stereocenters. The molecule has 0 unspecified atom stereocenters. The van der Waals surface area contributed by atoms with Gasteiger partial charge >= 0.3 is 0 Å². The van der Waals surface area contributed by atoms with Crippen molar-refractivity contribution in [3.63, 3.8) is 0 Å². The molecule has 1 aliphatic rings. The van der Waals surface area contributed by atoms with Crippen LogP contribution >= 0.6 is 0 Å². The van der Waals surface area contributed by atoms with Crippen LogP contribution in [-0.2, 0) is 5.60 Å². The number of rotatable bonds is 4. The summed E-state index contributed by atoms with van der Waals surface area (Å²) in [5.41, 5.74) is 3.70. The summed E-state index contributed by atoms with van der Waals surface area (Å²) < 4.78 is 0. The minimum absolute atomic E-state index is 0.119. The predicted molar refractivity (Wildman–Crippen MR) is 91.9 cm³/mol. The summed E-state index contributed by atoms with van der Waals surface area (Å²) in [5, 5.41) is 14.9. The van der Waals surface area contributed by atoms with E-state index in [0.29, 0.717) is 0 Å². The van der Waals surface area contributed by atoms with E-state index < -0.39 is 5.60 Å². The highest BCUT2D eigenvalue weighted by atomic mass is 16.3. The van der Waals surface area contributed by atoms with Gasteiger partial charge in [-0.15, -0.1) is 0 Å². The smallest absolute Gasteiger partial charge is 0.116 e. The fraction of sp³-hybridized carbons (Fsp3) is 0.400. The summed E-state index contributed by atoms with van der Waals surface area (Å²) in [6.07, 6.45) is 1.68. The van der Waals surface area contributed by atoms with E-state index in [1.807, 2.05) is 24.3 Å². The summed E-state index contributed by atoms with van der Waals surface area (Å²) in [6.45, 7) is 7.42. The molecule has 0 amide bonds. The first kappa shape index (κ1) is 15.3. The van der Waals surface area contributed by atoms with Gasteiger partial charge < -0.3 is 10.4 Å². The highest BCUT2D eigenvalue weighted by Gasteiger charge is 2.40. The number of benzene rings is 2. The minimum Gasteiger partial charge on any atom is -0.380 e. The van der Waals surface area contributed by atoms with Crippen LogP contribution in [-0.4, -0.2) is 17.2 Å². The van der Waals surface area contributed by atoms with Crippen molar-refractivity contribution in [3.05, 3.63) is 59.7 Å². The topological polar surface area (TPSA) is 32.3 Å². The maximum absolute atomic E-state index is 11.4. The molecule has 0 saturated heterocycles. The van der Waals surface area contributed by atoms with Crippen LogP contribution in [0.1, 0.15) is 44.7 Å². The number of nitrogens with one attached hydrogen (secondary N) is 1. The van der Waals surface area contributed by atoms with Gasteiger partial charge in [0.05, 0.1) is 0 Å². The van der Waals surface area contributed by atoms with Gasteiger partial charge in [0.25, 0.3) is 0 Å². The highest BCUT2D eigenvalue weighted by Crippen LogP contribution is 2.49. The van der Waals surface area contributed by atoms with Crippen molar-refractivity contribution in [1.29, 1.82) is 0 Å². The summed E-state index contributed by atoms with van der Waals surface area (Å²) in [6, 6.07) is 16.5. The molecule has 2 heteroatoms. The molecule has 0 heterocycles. The first-order valence-corrected chi connectivity index (χ1v) is 8.09. The van der Waals surface area contributed by atoms with Crippen LogP contribution in [0.2, 0.25) is 0 Å². The Labute approximate surface area is 133 Å². The van der Waals surface area contributed by atoms with E-state index >= 15 is 0 Å². The lowest BCUT2D eigenvalue weighted by Crippen LogP contribution is -2.37. The lowest BCUT2D eigenvalue weighted by Gasteiger charge is -2.27. The van der Waals surface area contributed by atoms with Crippen LogP contribution < -0.4 is 5.32 Å². The Kier molecular flexibility index (Phi) is 3.84. The molecule has 2 aromatic carbocycles. The molecule has 0 spiro atoms. The summed E-state index contributed by atoms with van der Waals surface area (Å²) in [5.74, 6) is 0. The Morgan fingerprint density at radius 3 is 1.91 bits per heavy atom. The quantitative estimate of drug-likeness (QED) is 0.833. The molecule has 22 heavy (non-hydrogen) atoms. The Bertz CT molecular complexity index is 624. The number of fused-ring (bicyclic) bond motifs is 3. The number of hydrogen-bond acceptors (Lipinski definition) is 2. The minimum atomic E-state index is -0.854. The maximum Gasteiger partial charge on any atom is 0.116 e. The number of hydrogen-bond donors (Lipinski definition) is 2. The van der Waals surface area contributed by atoms with Gasteiger partial charge in [-0.05, 0) is 62.4 Å². The van der Waals surface area contributed by atoms with Crippen molar-refractivity contribution in [2.75, 3.05) is 6.54 Å². The van der Waals surface area contributed by atoms with Gasteiger partial charge in [-0.1, -0.05) is 48.5 Å².